The third-order valence-electron chi connectivity index (χ3n) is 8.37. The van der Waals surface area contributed by atoms with Gasteiger partial charge in [-0.15, -0.1) is 20.4 Å². The standard InChI is InChI=1S/C17H24N6O3S.C15H19N5O3S/c1-21-7-9-23(10-8-21)12-5-6-13(14(11-12)25-3)18-17-20-19-15(27-17)16(24)22(2)26-4;1-19-5-7-20(8-6-19)10-3-4-11(12(9-10)23-2)16-15-18-17-13(24-15)14(21)22/h5-6,11H,7-10H2,1-4H3,(H,18,20);3-4,9H,5-8H2,1-2H3,(H,16,18)(H,21,22). The average molecular weight is 742 g/mol. The average Bonchev–Trinajstić information content (AvgIpc) is 3.82. The maximum Gasteiger partial charge on any atom is 0.367 e. The fourth-order valence-corrected chi connectivity index (χ4v) is 6.58. The molecule has 17 nitrogen and oxygen atoms in total. The number of piperazine rings is 2. The van der Waals surface area contributed by atoms with Crippen LogP contribution in [0.25, 0.3) is 0 Å². The van der Waals surface area contributed by atoms with Gasteiger partial charge in [-0.25, -0.2) is 9.86 Å². The number of aromatic carboxylic acids is 1. The molecular weight excluding hydrogens is 699 g/mol. The smallest absolute Gasteiger partial charge is 0.367 e. The van der Waals surface area contributed by atoms with E-state index in [2.05, 4.69) is 70.8 Å². The number of carbonyl (C=O) groups excluding carboxylic acids is 1. The molecular formula is C32H43N11O6S2. The summed E-state index contributed by atoms with van der Waals surface area (Å²) < 4.78 is 11.0. The number of rotatable bonds is 11. The SMILES string of the molecule is COc1cc(N2CCN(C)CC2)ccc1Nc1nnc(C(=O)N(C)OC)s1.COc1cc(N2CCN(C)CC2)ccc1Nc1nnc(C(=O)O)s1. The van der Waals surface area contributed by atoms with Crippen LogP contribution in [0.4, 0.5) is 33.0 Å². The first-order valence-electron chi connectivity index (χ1n) is 16.1. The van der Waals surface area contributed by atoms with Crippen molar-refractivity contribution in [2.45, 2.75) is 0 Å². The van der Waals surface area contributed by atoms with Gasteiger partial charge in [0.15, 0.2) is 0 Å². The third kappa shape index (κ3) is 9.70. The molecule has 2 aromatic heterocycles. The minimum absolute atomic E-state index is 0.0504. The fourth-order valence-electron chi connectivity index (χ4n) is 5.26. The first-order valence-corrected chi connectivity index (χ1v) is 17.7. The maximum absolute atomic E-state index is 12.1. The molecule has 1 amide bonds. The molecule has 0 saturated carbocycles. The molecule has 0 aliphatic carbocycles. The molecule has 2 aromatic carbocycles. The summed E-state index contributed by atoms with van der Waals surface area (Å²) >= 11 is 2.14. The number of anilines is 6. The van der Waals surface area contributed by atoms with Gasteiger partial charge in [-0.2, -0.15) is 0 Å². The number of ether oxygens (including phenoxy) is 2. The number of methoxy groups -OCH3 is 2. The summed E-state index contributed by atoms with van der Waals surface area (Å²) in [7, 11) is 10.4. The number of nitrogens with zero attached hydrogens (tertiary/aromatic N) is 9. The second-order valence-corrected chi connectivity index (χ2v) is 13.7. The summed E-state index contributed by atoms with van der Waals surface area (Å²) in [6.07, 6.45) is 0. The molecule has 19 heteroatoms. The van der Waals surface area contributed by atoms with Gasteiger partial charge in [0.25, 0.3) is 0 Å². The van der Waals surface area contributed by atoms with Crippen molar-refractivity contribution < 1.29 is 29.0 Å². The molecule has 0 atom stereocenters. The topological polar surface area (TPSA) is 174 Å². The summed E-state index contributed by atoms with van der Waals surface area (Å²) in [5.41, 5.74) is 3.73. The van der Waals surface area contributed by atoms with E-state index in [0.717, 1.165) is 103 Å². The monoisotopic (exact) mass is 741 g/mol. The van der Waals surface area contributed by atoms with Crippen molar-refractivity contribution in [2.24, 2.45) is 0 Å². The number of carboxylic acid groups (broad SMARTS) is 1. The zero-order chi connectivity index (χ0) is 36.5. The second-order valence-electron chi connectivity index (χ2n) is 11.7. The molecule has 2 fully saturated rings. The molecule has 4 aromatic rings. The fraction of sp³-hybridized carbons (Fsp3) is 0.438. The van der Waals surface area contributed by atoms with Crippen molar-refractivity contribution in [2.75, 3.05) is 115 Å². The highest BCUT2D eigenvalue weighted by Gasteiger charge is 2.20. The lowest BCUT2D eigenvalue weighted by molar-refractivity contribution is -0.0757. The Hall–Kier alpha value is -4.82. The number of nitrogens with one attached hydrogen (secondary N) is 2. The Morgan fingerprint density at radius 2 is 1.14 bits per heavy atom. The van der Waals surface area contributed by atoms with E-state index in [1.54, 1.807) is 14.2 Å². The first kappa shape index (κ1) is 37.4. The minimum atomic E-state index is -1.09. The van der Waals surface area contributed by atoms with E-state index in [-0.39, 0.29) is 15.9 Å². The summed E-state index contributed by atoms with van der Waals surface area (Å²) in [5.74, 6) is -0.0413. The van der Waals surface area contributed by atoms with E-state index < -0.39 is 5.97 Å². The van der Waals surface area contributed by atoms with Crippen LogP contribution in [-0.2, 0) is 4.84 Å². The van der Waals surface area contributed by atoms with E-state index in [9.17, 15) is 9.59 Å². The van der Waals surface area contributed by atoms with Crippen LogP contribution in [0, 0.1) is 0 Å². The highest BCUT2D eigenvalue weighted by Crippen LogP contribution is 2.34. The van der Waals surface area contributed by atoms with Gasteiger partial charge in [0.2, 0.25) is 20.3 Å². The van der Waals surface area contributed by atoms with Gasteiger partial charge >= 0.3 is 11.9 Å². The molecule has 4 heterocycles. The van der Waals surface area contributed by atoms with E-state index in [1.807, 2.05) is 30.3 Å². The summed E-state index contributed by atoms with van der Waals surface area (Å²) in [6, 6.07) is 11.9. The van der Waals surface area contributed by atoms with Gasteiger partial charge in [-0.3, -0.25) is 9.63 Å². The number of benzene rings is 2. The lowest BCUT2D eigenvalue weighted by atomic mass is 10.2. The number of hydrogen-bond acceptors (Lipinski definition) is 17. The van der Waals surface area contributed by atoms with Crippen LogP contribution in [0.1, 0.15) is 19.6 Å². The van der Waals surface area contributed by atoms with Crippen LogP contribution >= 0.6 is 22.7 Å². The van der Waals surface area contributed by atoms with E-state index in [0.29, 0.717) is 21.8 Å². The highest BCUT2D eigenvalue weighted by molar-refractivity contribution is 7.17. The Balaban J connectivity index is 0.000000199. The van der Waals surface area contributed by atoms with Crippen molar-refractivity contribution in [3.8, 4) is 11.5 Å². The number of hydroxylamine groups is 2. The molecule has 0 bridgehead atoms. The first-order chi connectivity index (χ1) is 24.6. The van der Waals surface area contributed by atoms with E-state index >= 15 is 0 Å². The molecule has 274 valence electrons. The Morgan fingerprint density at radius 1 is 0.706 bits per heavy atom. The van der Waals surface area contributed by atoms with Crippen LogP contribution < -0.4 is 29.9 Å². The predicted molar refractivity (Wildman–Crippen MR) is 198 cm³/mol. The van der Waals surface area contributed by atoms with Gasteiger partial charge in [-0.05, 0) is 38.4 Å². The number of carbonyl (C=O) groups is 2. The summed E-state index contributed by atoms with van der Waals surface area (Å²) in [4.78, 5) is 37.1. The van der Waals surface area contributed by atoms with Crippen molar-refractivity contribution in [1.29, 1.82) is 0 Å². The number of carboxylic acids is 1. The highest BCUT2D eigenvalue weighted by atomic mass is 32.1. The molecule has 2 aliphatic heterocycles. The van der Waals surface area contributed by atoms with E-state index in [1.165, 1.54) is 14.2 Å². The number of hydrogen-bond donors (Lipinski definition) is 3. The van der Waals surface area contributed by atoms with Gasteiger partial charge in [0.1, 0.15) is 11.5 Å². The maximum atomic E-state index is 12.1. The molecule has 6 rings (SSSR count). The molecule has 0 spiro atoms. The zero-order valence-corrected chi connectivity index (χ0v) is 31.1. The Morgan fingerprint density at radius 3 is 1.53 bits per heavy atom. The Labute approximate surface area is 304 Å². The molecule has 2 saturated heterocycles. The lowest BCUT2D eigenvalue weighted by Gasteiger charge is -2.34. The van der Waals surface area contributed by atoms with Crippen molar-refractivity contribution in [3.05, 3.63) is 46.4 Å². The molecule has 0 unspecified atom stereocenters. The van der Waals surface area contributed by atoms with Crippen LogP contribution in [0.5, 0.6) is 11.5 Å². The van der Waals surface area contributed by atoms with E-state index in [4.69, 9.17) is 19.4 Å². The molecule has 2 aliphatic rings. The minimum Gasteiger partial charge on any atom is -0.494 e. The van der Waals surface area contributed by atoms with Crippen LogP contribution in [0.2, 0.25) is 0 Å². The van der Waals surface area contributed by atoms with Gasteiger partial charge in [-0.1, -0.05) is 22.7 Å². The quantitative estimate of drug-likeness (QED) is 0.191. The number of amides is 1. The predicted octanol–water partition coefficient (Wildman–Crippen LogP) is 3.42. The zero-order valence-electron chi connectivity index (χ0n) is 29.5. The molecule has 3 N–H and O–H groups in total. The Kier molecular flexibility index (Phi) is 12.8. The van der Waals surface area contributed by atoms with Crippen LogP contribution in [-0.4, -0.2) is 147 Å². The molecule has 51 heavy (non-hydrogen) atoms. The van der Waals surface area contributed by atoms with Gasteiger partial charge < -0.3 is 44.8 Å². The van der Waals surface area contributed by atoms with Crippen molar-refractivity contribution in [3.63, 3.8) is 0 Å². The summed E-state index contributed by atoms with van der Waals surface area (Å²) in [6.45, 7) is 8.08. The van der Waals surface area contributed by atoms with Gasteiger partial charge in [0.05, 0.1) is 32.7 Å². The largest absolute Gasteiger partial charge is 0.494 e. The van der Waals surface area contributed by atoms with Crippen LogP contribution in [0.15, 0.2) is 36.4 Å². The summed E-state index contributed by atoms with van der Waals surface area (Å²) in [5, 5.41) is 32.8. The third-order valence-corrected chi connectivity index (χ3v) is 10.0. The molecule has 0 radical (unpaired) electrons. The van der Waals surface area contributed by atoms with Crippen LogP contribution in [0.3, 0.4) is 0 Å². The second kappa shape index (κ2) is 17.4. The number of aromatic nitrogens is 4. The Bertz CT molecular complexity index is 1770. The lowest BCUT2D eigenvalue weighted by Crippen LogP contribution is -2.44. The van der Waals surface area contributed by atoms with Crippen molar-refractivity contribution >= 4 is 67.6 Å². The number of likely N-dealkylation sites (N-methyl/N-ethyl adjacent to an activating group) is 2. The normalized spacial score (nSPS) is 15.1. The van der Waals surface area contributed by atoms with Crippen molar-refractivity contribution in [1.82, 2.24) is 35.3 Å². The van der Waals surface area contributed by atoms with Gasteiger partial charge in [0, 0.05) is 82.9 Å².